The van der Waals surface area contributed by atoms with Gasteiger partial charge in [0, 0.05) is 6.92 Å². The van der Waals surface area contributed by atoms with Crippen LogP contribution in [0.1, 0.15) is 31.9 Å². The highest BCUT2D eigenvalue weighted by Crippen LogP contribution is 2.33. The zero-order chi connectivity index (χ0) is 24.8. The summed E-state index contributed by atoms with van der Waals surface area (Å²) in [5, 5.41) is 3.94. The summed E-state index contributed by atoms with van der Waals surface area (Å²) in [6.45, 7) is 6.60. The van der Waals surface area contributed by atoms with Crippen LogP contribution in [-0.4, -0.2) is 39.7 Å². The number of esters is 1. The van der Waals surface area contributed by atoms with E-state index in [0.29, 0.717) is 14.9 Å². The highest BCUT2D eigenvalue weighted by Gasteiger charge is 2.28. The first-order chi connectivity index (χ1) is 15.4. The van der Waals surface area contributed by atoms with Crippen molar-refractivity contribution in [3.8, 4) is 11.5 Å². The molecule has 0 heterocycles. The lowest BCUT2D eigenvalue weighted by Crippen LogP contribution is -2.48. The van der Waals surface area contributed by atoms with Gasteiger partial charge in [0.25, 0.3) is 5.91 Å². The number of carbonyl (C=O) groups is 2. The maximum Gasteiger partial charge on any atom is 0.308 e. The van der Waals surface area contributed by atoms with Gasteiger partial charge in [0.15, 0.2) is 11.5 Å². The molecule has 9 nitrogen and oxygen atoms in total. The monoisotopic (exact) mass is 587 g/mol. The molecule has 0 aliphatic rings. The second-order valence-corrected chi connectivity index (χ2v) is 10.4. The minimum Gasteiger partial charge on any atom is -0.493 e. The lowest BCUT2D eigenvalue weighted by Gasteiger charge is -2.20. The van der Waals surface area contributed by atoms with E-state index in [1.807, 2.05) is 29.5 Å². The zero-order valence-electron chi connectivity index (χ0n) is 18.9. The summed E-state index contributed by atoms with van der Waals surface area (Å²) in [5.74, 6) is -0.791. The summed E-state index contributed by atoms with van der Waals surface area (Å²) in [7, 11) is -2.46. The van der Waals surface area contributed by atoms with Crippen molar-refractivity contribution in [2.24, 2.45) is 11.0 Å². The number of nitrogens with zero attached hydrogens (tertiary/aromatic N) is 1. The van der Waals surface area contributed by atoms with Gasteiger partial charge in [-0.15, -0.1) is 0 Å². The van der Waals surface area contributed by atoms with Gasteiger partial charge in [-0.3, -0.25) is 9.59 Å². The second kappa shape index (κ2) is 11.6. The molecule has 0 bridgehead atoms. The van der Waals surface area contributed by atoms with E-state index in [1.165, 1.54) is 32.4 Å². The van der Waals surface area contributed by atoms with E-state index < -0.39 is 27.9 Å². The molecule has 0 unspecified atom stereocenters. The second-order valence-electron chi connectivity index (χ2n) is 7.52. The largest absolute Gasteiger partial charge is 0.493 e. The van der Waals surface area contributed by atoms with Crippen molar-refractivity contribution in [3.05, 3.63) is 51.1 Å². The van der Waals surface area contributed by atoms with Crippen LogP contribution in [0.4, 0.5) is 0 Å². The fourth-order valence-corrected chi connectivity index (χ4v) is 4.82. The predicted octanol–water partition coefficient (Wildman–Crippen LogP) is 2.99. The summed E-state index contributed by atoms with van der Waals surface area (Å²) in [4.78, 5) is 24.0. The third kappa shape index (κ3) is 7.51. The van der Waals surface area contributed by atoms with E-state index in [9.17, 15) is 18.0 Å². The Balaban J connectivity index is 2.16. The van der Waals surface area contributed by atoms with Crippen molar-refractivity contribution < 1.29 is 27.5 Å². The molecule has 2 aromatic rings. The van der Waals surface area contributed by atoms with Crippen LogP contribution in [0.5, 0.6) is 11.5 Å². The van der Waals surface area contributed by atoms with Gasteiger partial charge in [-0.1, -0.05) is 31.5 Å². The molecule has 1 atom stereocenters. The first kappa shape index (κ1) is 26.7. The third-order valence-corrected chi connectivity index (χ3v) is 6.71. The van der Waals surface area contributed by atoms with Crippen LogP contribution in [0.15, 0.2) is 46.4 Å². The Morgan fingerprint density at radius 3 is 2.33 bits per heavy atom. The molecule has 2 N–H and O–H groups in total. The molecule has 1 amide bonds. The molecule has 0 aromatic heterocycles. The zero-order valence-corrected chi connectivity index (χ0v) is 21.9. The lowest BCUT2D eigenvalue weighted by molar-refractivity contribution is -0.132. The molecule has 0 spiro atoms. The molecule has 0 saturated heterocycles. The number of ether oxygens (including phenoxy) is 2. The molecule has 2 rings (SSSR count). The van der Waals surface area contributed by atoms with E-state index in [4.69, 9.17) is 9.47 Å². The van der Waals surface area contributed by atoms with Crippen molar-refractivity contribution in [2.45, 2.75) is 38.6 Å². The average molecular weight is 587 g/mol. The summed E-state index contributed by atoms with van der Waals surface area (Å²) < 4.78 is 38.9. The maximum absolute atomic E-state index is 12.7. The van der Waals surface area contributed by atoms with E-state index >= 15 is 0 Å². The normalized spacial score (nSPS) is 12.6. The molecular formula is C22H26IN3O6S. The molecule has 178 valence electrons. The molecular weight excluding hydrogens is 561 g/mol. The summed E-state index contributed by atoms with van der Waals surface area (Å²) in [6.07, 6.45) is 1.38. The van der Waals surface area contributed by atoms with Crippen molar-refractivity contribution >= 4 is 50.7 Å². The molecule has 0 saturated carbocycles. The molecule has 0 radical (unpaired) electrons. The van der Waals surface area contributed by atoms with Crippen LogP contribution in [0, 0.1) is 16.4 Å². The summed E-state index contributed by atoms with van der Waals surface area (Å²) >= 11 is 1.99. The standard InChI is InChI=1S/C22H26IN3O6S/c1-13(2)20(26-33(29,30)17-8-6-14(3)7-9-17)22(28)25-24-12-16-10-18(23)21(32-15(4)27)19(11-16)31-5/h6-13,20,26H,1-5H3,(H,25,28)/b24-12-/t20-/m1/s1. The van der Waals surface area contributed by atoms with Crippen LogP contribution in [0.3, 0.4) is 0 Å². The quantitative estimate of drug-likeness (QED) is 0.153. The predicted molar refractivity (Wildman–Crippen MR) is 133 cm³/mol. The number of sulfonamides is 1. The number of hydrazone groups is 1. The number of methoxy groups -OCH3 is 1. The average Bonchev–Trinajstić information content (AvgIpc) is 2.73. The number of rotatable bonds is 9. The van der Waals surface area contributed by atoms with Crippen LogP contribution in [0.2, 0.25) is 0 Å². The number of benzene rings is 2. The number of carbonyl (C=O) groups excluding carboxylic acids is 2. The van der Waals surface area contributed by atoms with Gasteiger partial charge in [0.1, 0.15) is 6.04 Å². The number of aryl methyl sites for hydroxylation is 1. The van der Waals surface area contributed by atoms with Crippen molar-refractivity contribution in [3.63, 3.8) is 0 Å². The Labute approximate surface area is 207 Å². The minimum atomic E-state index is -3.89. The lowest BCUT2D eigenvalue weighted by atomic mass is 10.1. The number of hydrogen-bond acceptors (Lipinski definition) is 7. The smallest absolute Gasteiger partial charge is 0.308 e. The van der Waals surface area contributed by atoms with Crippen LogP contribution >= 0.6 is 22.6 Å². The van der Waals surface area contributed by atoms with Crippen molar-refractivity contribution in [1.29, 1.82) is 0 Å². The number of nitrogens with one attached hydrogen (secondary N) is 2. The van der Waals surface area contributed by atoms with Gasteiger partial charge in [-0.2, -0.15) is 9.82 Å². The Kier molecular flexibility index (Phi) is 9.37. The molecule has 11 heteroatoms. The Hall–Kier alpha value is -2.51. The highest BCUT2D eigenvalue weighted by molar-refractivity contribution is 14.1. The van der Waals surface area contributed by atoms with Crippen LogP contribution in [-0.2, 0) is 19.6 Å². The van der Waals surface area contributed by atoms with Gasteiger partial charge >= 0.3 is 5.97 Å². The number of hydrogen-bond donors (Lipinski definition) is 2. The van der Waals surface area contributed by atoms with Gasteiger partial charge in [0.05, 0.1) is 21.8 Å². The van der Waals surface area contributed by atoms with E-state index in [2.05, 4.69) is 15.2 Å². The van der Waals surface area contributed by atoms with E-state index in [-0.39, 0.29) is 16.6 Å². The summed E-state index contributed by atoms with van der Waals surface area (Å²) in [6, 6.07) is 8.60. The SMILES string of the molecule is COc1cc(/C=N\NC(=O)[C@H](NS(=O)(=O)c2ccc(C)cc2)C(C)C)cc(I)c1OC(C)=O. The maximum atomic E-state index is 12.7. The summed E-state index contributed by atoms with van der Waals surface area (Å²) in [5.41, 5.74) is 3.88. The minimum absolute atomic E-state index is 0.0737. The topological polar surface area (TPSA) is 123 Å². The first-order valence-corrected chi connectivity index (χ1v) is 12.5. The van der Waals surface area contributed by atoms with E-state index in [1.54, 1.807) is 38.1 Å². The Morgan fingerprint density at radius 2 is 1.79 bits per heavy atom. The Bertz CT molecular complexity index is 1150. The first-order valence-electron chi connectivity index (χ1n) is 9.92. The van der Waals surface area contributed by atoms with E-state index in [0.717, 1.165) is 5.56 Å². The molecule has 2 aromatic carbocycles. The van der Waals surface area contributed by atoms with Gasteiger partial charge in [-0.25, -0.2) is 13.8 Å². The fourth-order valence-electron chi connectivity index (χ4n) is 2.74. The van der Waals surface area contributed by atoms with Crippen LogP contribution in [0.25, 0.3) is 0 Å². The highest BCUT2D eigenvalue weighted by atomic mass is 127. The molecule has 33 heavy (non-hydrogen) atoms. The fraction of sp³-hybridized carbons (Fsp3) is 0.318. The van der Waals surface area contributed by atoms with Gasteiger partial charge < -0.3 is 9.47 Å². The third-order valence-electron chi connectivity index (χ3n) is 4.45. The van der Waals surface area contributed by atoms with Crippen molar-refractivity contribution in [2.75, 3.05) is 7.11 Å². The van der Waals surface area contributed by atoms with Crippen molar-refractivity contribution in [1.82, 2.24) is 10.1 Å². The molecule has 0 fully saturated rings. The Morgan fingerprint density at radius 1 is 1.15 bits per heavy atom. The number of halogens is 1. The van der Waals surface area contributed by atoms with Gasteiger partial charge in [-0.05, 0) is 65.3 Å². The number of amides is 1. The van der Waals surface area contributed by atoms with Crippen LogP contribution < -0.4 is 19.6 Å². The molecule has 0 aliphatic heterocycles. The molecule has 0 aliphatic carbocycles. The van der Waals surface area contributed by atoms with Gasteiger partial charge in [0.2, 0.25) is 10.0 Å².